The van der Waals surface area contributed by atoms with Gasteiger partial charge < -0.3 is 0 Å². The third-order valence-electron chi connectivity index (χ3n) is 4.62. The topological polar surface area (TPSA) is 3.88 Å². The molecule has 0 spiro atoms. The molecule has 0 saturated carbocycles. The predicted octanol–water partition coefficient (Wildman–Crippen LogP) is 5.90. The van der Waals surface area contributed by atoms with Gasteiger partial charge in [0, 0.05) is 25.0 Å². The molecular weight excluding hydrogens is 254 g/mol. The van der Waals surface area contributed by atoms with E-state index in [1.165, 1.54) is 88.4 Å². The summed E-state index contributed by atoms with van der Waals surface area (Å²) in [6.07, 6.45) is 17.8. The Morgan fingerprint density at radius 1 is 0.762 bits per heavy atom. The molecule has 1 nitrogen and oxygen atoms in total. The van der Waals surface area contributed by atoms with E-state index in [2.05, 4.69) is 43.7 Å². The lowest BCUT2D eigenvalue weighted by Gasteiger charge is -2.04. The van der Waals surface area contributed by atoms with Crippen molar-refractivity contribution in [3.05, 3.63) is 29.6 Å². The second kappa shape index (κ2) is 11.8. The first-order valence-corrected chi connectivity index (χ1v) is 9.21. The Hall–Kier alpha value is -0.850. The zero-order chi connectivity index (χ0) is 15.3. The van der Waals surface area contributed by atoms with E-state index in [4.69, 9.17) is 0 Å². The number of aryl methyl sites for hydroxylation is 2. The van der Waals surface area contributed by atoms with Crippen LogP contribution < -0.4 is 4.57 Å². The zero-order valence-electron chi connectivity index (χ0n) is 14.7. The highest BCUT2D eigenvalue weighted by Crippen LogP contribution is 2.11. The molecule has 1 aromatic rings. The van der Waals surface area contributed by atoms with Gasteiger partial charge in [-0.25, -0.2) is 4.57 Å². The SMILES string of the molecule is CCCCCCCCCCCCC[n+]1cccc(C)c1C. The number of aromatic nitrogens is 1. The molecule has 0 bridgehead atoms. The summed E-state index contributed by atoms with van der Waals surface area (Å²) in [5.41, 5.74) is 2.82. The lowest BCUT2D eigenvalue weighted by atomic mass is 10.1. The van der Waals surface area contributed by atoms with E-state index in [-0.39, 0.29) is 0 Å². The number of pyridine rings is 1. The molecule has 21 heavy (non-hydrogen) atoms. The van der Waals surface area contributed by atoms with E-state index in [1.807, 2.05) is 0 Å². The highest BCUT2D eigenvalue weighted by Gasteiger charge is 2.06. The normalized spacial score (nSPS) is 11.0. The van der Waals surface area contributed by atoms with Crippen LogP contribution in [0.5, 0.6) is 0 Å². The van der Waals surface area contributed by atoms with Crippen LogP contribution in [0.3, 0.4) is 0 Å². The first-order chi connectivity index (χ1) is 10.3. The lowest BCUT2D eigenvalue weighted by Crippen LogP contribution is -2.37. The van der Waals surface area contributed by atoms with Gasteiger partial charge in [-0.05, 0) is 19.4 Å². The number of rotatable bonds is 12. The van der Waals surface area contributed by atoms with Crippen LogP contribution in [-0.4, -0.2) is 0 Å². The van der Waals surface area contributed by atoms with E-state index in [1.54, 1.807) is 0 Å². The van der Waals surface area contributed by atoms with Crippen molar-refractivity contribution in [3.63, 3.8) is 0 Å². The zero-order valence-corrected chi connectivity index (χ0v) is 14.7. The minimum Gasteiger partial charge on any atom is -0.202 e. The van der Waals surface area contributed by atoms with Crippen molar-refractivity contribution in [1.29, 1.82) is 0 Å². The fourth-order valence-electron chi connectivity index (χ4n) is 2.94. The summed E-state index contributed by atoms with van der Waals surface area (Å²) in [6.45, 7) is 7.90. The molecule has 0 aliphatic heterocycles. The second-order valence-electron chi connectivity index (χ2n) is 6.51. The van der Waals surface area contributed by atoms with Crippen LogP contribution in [0.15, 0.2) is 18.3 Å². The van der Waals surface area contributed by atoms with Crippen LogP contribution in [0.1, 0.15) is 88.8 Å². The summed E-state index contributed by atoms with van der Waals surface area (Å²) in [5, 5.41) is 0. The highest BCUT2D eigenvalue weighted by atomic mass is 14.9. The van der Waals surface area contributed by atoms with Gasteiger partial charge in [-0.15, -0.1) is 0 Å². The molecule has 0 aliphatic carbocycles. The summed E-state index contributed by atoms with van der Waals surface area (Å²) < 4.78 is 2.41. The molecule has 0 atom stereocenters. The molecule has 1 rings (SSSR count). The Morgan fingerprint density at radius 3 is 1.86 bits per heavy atom. The minimum absolute atomic E-state index is 1.19. The summed E-state index contributed by atoms with van der Waals surface area (Å²) >= 11 is 0. The predicted molar refractivity (Wildman–Crippen MR) is 92.6 cm³/mol. The Kier molecular flexibility index (Phi) is 10.2. The van der Waals surface area contributed by atoms with Crippen molar-refractivity contribution in [2.24, 2.45) is 0 Å². The molecule has 0 unspecified atom stereocenters. The molecule has 120 valence electrons. The summed E-state index contributed by atoms with van der Waals surface area (Å²) in [4.78, 5) is 0. The van der Waals surface area contributed by atoms with Gasteiger partial charge in [0.1, 0.15) is 6.54 Å². The molecule has 0 amide bonds. The van der Waals surface area contributed by atoms with Crippen LogP contribution in [0, 0.1) is 13.8 Å². The van der Waals surface area contributed by atoms with Crippen LogP contribution in [0.2, 0.25) is 0 Å². The molecule has 1 heterocycles. The van der Waals surface area contributed by atoms with E-state index < -0.39 is 0 Å². The Morgan fingerprint density at radius 2 is 1.29 bits per heavy atom. The van der Waals surface area contributed by atoms with Gasteiger partial charge in [-0.1, -0.05) is 64.7 Å². The molecule has 0 radical (unpaired) electrons. The molecule has 0 N–H and O–H groups in total. The van der Waals surface area contributed by atoms with Crippen molar-refractivity contribution in [1.82, 2.24) is 0 Å². The van der Waals surface area contributed by atoms with Gasteiger partial charge in [0.05, 0.1) is 0 Å². The van der Waals surface area contributed by atoms with E-state index in [0.717, 1.165) is 0 Å². The average molecular weight is 291 g/mol. The fraction of sp³-hybridized carbons (Fsp3) is 0.750. The Balaban J connectivity index is 1.94. The summed E-state index contributed by atoms with van der Waals surface area (Å²) in [6, 6.07) is 4.37. The van der Waals surface area contributed by atoms with E-state index in [9.17, 15) is 0 Å². The molecular formula is C20H36N+. The molecule has 0 aliphatic rings. The number of nitrogens with zero attached hydrogens (tertiary/aromatic N) is 1. The lowest BCUT2D eigenvalue weighted by molar-refractivity contribution is -0.703. The number of hydrogen-bond donors (Lipinski definition) is 0. The van der Waals surface area contributed by atoms with Gasteiger partial charge in [0.25, 0.3) is 0 Å². The van der Waals surface area contributed by atoms with Crippen molar-refractivity contribution >= 4 is 0 Å². The van der Waals surface area contributed by atoms with Crippen molar-refractivity contribution in [2.45, 2.75) is 97.9 Å². The van der Waals surface area contributed by atoms with Crippen LogP contribution in [0.25, 0.3) is 0 Å². The molecule has 0 aromatic carbocycles. The van der Waals surface area contributed by atoms with E-state index in [0.29, 0.717) is 0 Å². The molecule has 1 aromatic heterocycles. The maximum absolute atomic E-state index is 2.41. The average Bonchev–Trinajstić information content (AvgIpc) is 2.49. The third kappa shape index (κ3) is 8.24. The van der Waals surface area contributed by atoms with Crippen LogP contribution in [-0.2, 0) is 6.54 Å². The van der Waals surface area contributed by atoms with Crippen molar-refractivity contribution in [2.75, 3.05) is 0 Å². The van der Waals surface area contributed by atoms with Crippen LogP contribution >= 0.6 is 0 Å². The highest BCUT2D eigenvalue weighted by molar-refractivity contribution is 5.11. The molecule has 1 heteroatoms. The molecule has 0 fully saturated rings. The smallest absolute Gasteiger partial charge is 0.181 e. The first kappa shape index (κ1) is 18.2. The summed E-state index contributed by atoms with van der Waals surface area (Å²) in [7, 11) is 0. The second-order valence-corrected chi connectivity index (χ2v) is 6.51. The maximum atomic E-state index is 2.41. The van der Waals surface area contributed by atoms with Gasteiger partial charge in [0.15, 0.2) is 11.9 Å². The monoisotopic (exact) mass is 290 g/mol. The number of hydrogen-bond acceptors (Lipinski definition) is 0. The number of unbranched alkanes of at least 4 members (excludes halogenated alkanes) is 10. The van der Waals surface area contributed by atoms with Gasteiger partial charge >= 0.3 is 0 Å². The standard InChI is InChI=1S/C20H36N/c1-4-5-6-7-8-9-10-11-12-13-14-17-21-18-15-16-19(2)20(21)3/h15-16,18H,4-14,17H2,1-3H3/q+1. The van der Waals surface area contributed by atoms with Crippen molar-refractivity contribution in [3.8, 4) is 0 Å². The Bertz CT molecular complexity index is 370. The molecule has 0 saturated heterocycles. The minimum atomic E-state index is 1.19. The van der Waals surface area contributed by atoms with Crippen LogP contribution in [0.4, 0.5) is 0 Å². The third-order valence-corrected chi connectivity index (χ3v) is 4.62. The van der Waals surface area contributed by atoms with Gasteiger partial charge in [0.2, 0.25) is 0 Å². The largest absolute Gasteiger partial charge is 0.202 e. The summed E-state index contributed by atoms with van der Waals surface area (Å²) in [5.74, 6) is 0. The van der Waals surface area contributed by atoms with Gasteiger partial charge in [-0.2, -0.15) is 0 Å². The van der Waals surface area contributed by atoms with Crippen molar-refractivity contribution < 1.29 is 4.57 Å². The fourth-order valence-corrected chi connectivity index (χ4v) is 2.94. The van der Waals surface area contributed by atoms with E-state index >= 15 is 0 Å². The first-order valence-electron chi connectivity index (χ1n) is 9.21. The van der Waals surface area contributed by atoms with Gasteiger partial charge in [-0.3, -0.25) is 0 Å². The quantitative estimate of drug-likeness (QED) is 0.333. The Labute approximate surface area is 132 Å². The maximum Gasteiger partial charge on any atom is 0.181 e.